The van der Waals surface area contributed by atoms with E-state index in [1.54, 1.807) is 0 Å². The molecular formula is C20H27N. The van der Waals surface area contributed by atoms with Crippen LogP contribution in [0.1, 0.15) is 62.6 Å². The van der Waals surface area contributed by atoms with Crippen LogP contribution in [0.25, 0.3) is 0 Å². The predicted molar refractivity (Wildman–Crippen MR) is 87.0 cm³/mol. The summed E-state index contributed by atoms with van der Waals surface area (Å²) in [5, 5.41) is 9.77. The second-order valence-electron chi connectivity index (χ2n) is 7.61. The van der Waals surface area contributed by atoms with Crippen molar-refractivity contribution >= 4 is 0 Å². The Hall–Kier alpha value is -1.29. The van der Waals surface area contributed by atoms with Gasteiger partial charge in [0.15, 0.2) is 0 Å². The van der Waals surface area contributed by atoms with Crippen LogP contribution in [0, 0.1) is 28.6 Å². The molecule has 0 N–H and O–H groups in total. The normalized spacial score (nSPS) is 28.4. The van der Waals surface area contributed by atoms with Crippen LogP contribution in [0.3, 0.4) is 0 Å². The third-order valence-electron chi connectivity index (χ3n) is 5.87. The number of benzene rings is 1. The quantitative estimate of drug-likeness (QED) is 0.758. The summed E-state index contributed by atoms with van der Waals surface area (Å²) in [4.78, 5) is 0. The topological polar surface area (TPSA) is 23.8 Å². The molecule has 1 aromatic carbocycles. The minimum Gasteiger partial charge on any atom is -0.198 e. The highest BCUT2D eigenvalue weighted by Gasteiger charge is 2.36. The minimum absolute atomic E-state index is 0.0990. The first-order valence-electron chi connectivity index (χ1n) is 8.64. The van der Waals surface area contributed by atoms with Gasteiger partial charge in [0.1, 0.15) is 0 Å². The van der Waals surface area contributed by atoms with Gasteiger partial charge in [-0.15, -0.1) is 0 Å². The summed E-state index contributed by atoms with van der Waals surface area (Å²) in [6.45, 7) is 4.65. The van der Waals surface area contributed by atoms with Gasteiger partial charge < -0.3 is 0 Å². The Morgan fingerprint density at radius 3 is 2.57 bits per heavy atom. The van der Waals surface area contributed by atoms with Crippen molar-refractivity contribution in [1.82, 2.24) is 0 Å². The second-order valence-corrected chi connectivity index (χ2v) is 7.61. The van der Waals surface area contributed by atoms with Crippen molar-refractivity contribution in [3.8, 4) is 6.07 Å². The van der Waals surface area contributed by atoms with Crippen LogP contribution in [-0.4, -0.2) is 0 Å². The van der Waals surface area contributed by atoms with Gasteiger partial charge in [-0.25, -0.2) is 0 Å². The van der Waals surface area contributed by atoms with Crippen LogP contribution in [0.2, 0.25) is 0 Å². The van der Waals surface area contributed by atoms with E-state index in [0.717, 1.165) is 31.1 Å². The average Bonchev–Trinajstić information content (AvgIpc) is 2.95. The van der Waals surface area contributed by atoms with E-state index >= 15 is 0 Å². The van der Waals surface area contributed by atoms with Gasteiger partial charge >= 0.3 is 0 Å². The van der Waals surface area contributed by atoms with Crippen LogP contribution < -0.4 is 0 Å². The molecule has 1 fully saturated rings. The smallest absolute Gasteiger partial charge is 0.0693 e. The highest BCUT2D eigenvalue weighted by atomic mass is 14.4. The molecule has 0 bridgehead atoms. The van der Waals surface area contributed by atoms with Crippen molar-refractivity contribution in [1.29, 1.82) is 5.26 Å². The van der Waals surface area contributed by atoms with Gasteiger partial charge in [-0.3, -0.25) is 0 Å². The number of rotatable bonds is 3. The summed E-state index contributed by atoms with van der Waals surface area (Å²) >= 11 is 0. The fourth-order valence-corrected chi connectivity index (χ4v) is 4.31. The van der Waals surface area contributed by atoms with Gasteiger partial charge in [0, 0.05) is 0 Å². The highest BCUT2D eigenvalue weighted by molar-refractivity contribution is 5.36. The lowest BCUT2D eigenvalue weighted by Gasteiger charge is -2.36. The molecule has 0 aliphatic heterocycles. The Kier molecular flexibility index (Phi) is 4.07. The van der Waals surface area contributed by atoms with Crippen molar-refractivity contribution in [3.05, 3.63) is 34.9 Å². The molecule has 2 aliphatic carbocycles. The number of nitrogens with zero attached hydrogens (tertiary/aromatic N) is 1. The zero-order valence-electron chi connectivity index (χ0n) is 13.5. The average molecular weight is 281 g/mol. The number of aryl methyl sites for hydroxylation is 2. The molecule has 1 aromatic rings. The number of nitriles is 1. The molecule has 3 rings (SSSR count). The van der Waals surface area contributed by atoms with Crippen molar-refractivity contribution in [2.75, 3.05) is 0 Å². The summed E-state index contributed by atoms with van der Waals surface area (Å²) in [6.07, 6.45) is 9.38. The van der Waals surface area contributed by atoms with Gasteiger partial charge in [0.2, 0.25) is 0 Å². The van der Waals surface area contributed by atoms with Crippen LogP contribution in [0.15, 0.2) is 18.2 Å². The maximum absolute atomic E-state index is 9.77. The zero-order chi connectivity index (χ0) is 14.9. The van der Waals surface area contributed by atoms with Crippen molar-refractivity contribution in [2.24, 2.45) is 17.3 Å². The first kappa shape index (κ1) is 14.6. The number of fused-ring (bicyclic) bond motifs is 1. The molecule has 1 heteroatoms. The molecule has 0 heterocycles. The maximum atomic E-state index is 9.77. The van der Waals surface area contributed by atoms with Gasteiger partial charge in [0.25, 0.3) is 0 Å². The molecule has 0 saturated heterocycles. The Labute approximate surface area is 129 Å². The molecule has 0 spiro atoms. The largest absolute Gasteiger partial charge is 0.198 e. The lowest BCUT2D eigenvalue weighted by molar-refractivity contribution is 0.175. The van der Waals surface area contributed by atoms with Crippen LogP contribution >= 0.6 is 0 Å². The number of hydrogen-bond acceptors (Lipinski definition) is 1. The molecule has 21 heavy (non-hydrogen) atoms. The standard InChI is InChI=1S/C20H27N/c1-15(2)17-8-10-20(14-21,11-9-17)13-16-6-7-18-4-3-5-19(18)12-16/h6-7,12,15,17H,3-5,8-11,13H2,1-2H3. The van der Waals surface area contributed by atoms with E-state index in [0.29, 0.717) is 0 Å². The monoisotopic (exact) mass is 281 g/mol. The lowest BCUT2D eigenvalue weighted by atomic mass is 9.66. The van der Waals surface area contributed by atoms with Crippen LogP contribution in [0.4, 0.5) is 0 Å². The molecule has 0 unspecified atom stereocenters. The van der Waals surface area contributed by atoms with E-state index in [9.17, 15) is 5.26 Å². The first-order chi connectivity index (χ1) is 10.1. The molecular weight excluding hydrogens is 254 g/mol. The molecule has 1 saturated carbocycles. The van der Waals surface area contributed by atoms with Gasteiger partial charge in [0.05, 0.1) is 11.5 Å². The first-order valence-corrected chi connectivity index (χ1v) is 8.64. The van der Waals surface area contributed by atoms with Gasteiger partial charge in [-0.1, -0.05) is 32.0 Å². The third-order valence-corrected chi connectivity index (χ3v) is 5.87. The summed E-state index contributed by atoms with van der Waals surface area (Å²) < 4.78 is 0. The predicted octanol–water partition coefficient (Wildman–Crippen LogP) is 5.07. The van der Waals surface area contributed by atoms with Gasteiger partial charge in [-0.05, 0) is 79.9 Å². The van der Waals surface area contributed by atoms with E-state index in [4.69, 9.17) is 0 Å². The lowest BCUT2D eigenvalue weighted by Crippen LogP contribution is -2.30. The third kappa shape index (κ3) is 3.00. The molecule has 0 amide bonds. The minimum atomic E-state index is -0.0990. The van der Waals surface area contributed by atoms with Crippen LogP contribution in [0.5, 0.6) is 0 Å². The Balaban J connectivity index is 1.72. The highest BCUT2D eigenvalue weighted by Crippen LogP contribution is 2.43. The molecule has 0 radical (unpaired) electrons. The maximum Gasteiger partial charge on any atom is 0.0693 e. The summed E-state index contributed by atoms with van der Waals surface area (Å²) in [5.41, 5.74) is 4.36. The number of hydrogen-bond donors (Lipinski definition) is 0. The van der Waals surface area contributed by atoms with E-state index in [-0.39, 0.29) is 5.41 Å². The molecule has 0 atom stereocenters. The van der Waals surface area contributed by atoms with Crippen molar-refractivity contribution < 1.29 is 0 Å². The summed E-state index contributed by atoms with van der Waals surface area (Å²) in [5.74, 6) is 1.59. The SMILES string of the molecule is CC(C)C1CCC(C#N)(Cc2ccc3c(c2)CCC3)CC1. The molecule has 112 valence electrons. The zero-order valence-corrected chi connectivity index (χ0v) is 13.5. The Morgan fingerprint density at radius 1 is 1.19 bits per heavy atom. The summed E-state index contributed by atoms with van der Waals surface area (Å²) in [7, 11) is 0. The summed E-state index contributed by atoms with van der Waals surface area (Å²) in [6, 6.07) is 9.66. The van der Waals surface area contributed by atoms with Gasteiger partial charge in [-0.2, -0.15) is 5.26 Å². The van der Waals surface area contributed by atoms with E-state index in [1.807, 2.05) is 0 Å². The second kappa shape index (κ2) is 5.84. The fourth-order valence-electron chi connectivity index (χ4n) is 4.31. The van der Waals surface area contributed by atoms with Crippen molar-refractivity contribution in [2.45, 2.75) is 65.2 Å². The molecule has 0 aromatic heterocycles. The molecule has 1 nitrogen and oxygen atoms in total. The van der Waals surface area contributed by atoms with E-state index < -0.39 is 0 Å². The van der Waals surface area contributed by atoms with Crippen LogP contribution in [-0.2, 0) is 19.3 Å². The Morgan fingerprint density at radius 2 is 1.90 bits per heavy atom. The van der Waals surface area contributed by atoms with Crippen molar-refractivity contribution in [3.63, 3.8) is 0 Å². The Bertz CT molecular complexity index is 541. The van der Waals surface area contributed by atoms with E-state index in [1.165, 1.54) is 48.8 Å². The van der Waals surface area contributed by atoms with E-state index in [2.05, 4.69) is 38.1 Å². The molecule has 2 aliphatic rings. The fraction of sp³-hybridized carbons (Fsp3) is 0.650.